The zero-order chi connectivity index (χ0) is 37.5. The smallest absolute Gasteiger partial charge is 0.135 e. The first-order valence-corrected chi connectivity index (χ1v) is 20.2. The minimum absolute atomic E-state index is 0.910. The molecule has 3 heterocycles. The van der Waals surface area contributed by atoms with Gasteiger partial charge in [0.25, 0.3) is 0 Å². The normalized spacial score (nSPS) is 11.9. The van der Waals surface area contributed by atoms with Gasteiger partial charge in [0, 0.05) is 42.6 Å². The van der Waals surface area contributed by atoms with Crippen molar-refractivity contribution in [1.29, 1.82) is 0 Å². The van der Waals surface area contributed by atoms with Crippen LogP contribution < -0.4 is 0 Å². The lowest BCUT2D eigenvalue weighted by Crippen LogP contribution is -1.94. The third-order valence-electron chi connectivity index (χ3n) is 11.6. The van der Waals surface area contributed by atoms with Crippen molar-refractivity contribution in [2.75, 3.05) is 0 Å². The first-order valence-electron chi connectivity index (χ1n) is 19.4. The van der Waals surface area contributed by atoms with Crippen LogP contribution >= 0.6 is 11.3 Å². The number of hydrogen-bond acceptors (Lipinski definition) is 2. The highest BCUT2D eigenvalue weighted by molar-refractivity contribution is 7.26. The summed E-state index contributed by atoms with van der Waals surface area (Å²) in [7, 11) is 0. The SMILES string of the molecule is c1ccc(-c2ccc3c(c2)c2cc(-c4ccccc4)ccc2n3-c2cccc3c2sc2c(-c4ccccc4)cc(-c4ccc5oc6ccccc6c5c4)cc23)cc1. The Labute approximate surface area is 333 Å². The Morgan fingerprint density at radius 1 is 0.316 bits per heavy atom. The molecule has 3 aromatic heterocycles. The van der Waals surface area contributed by atoms with Crippen LogP contribution in [0, 0.1) is 0 Å². The molecule has 0 unspecified atom stereocenters. The topological polar surface area (TPSA) is 18.1 Å². The van der Waals surface area contributed by atoms with E-state index < -0.39 is 0 Å². The second-order valence-electron chi connectivity index (χ2n) is 14.9. The molecular weight excluding hydrogens is 711 g/mol. The highest BCUT2D eigenvalue weighted by Crippen LogP contribution is 2.47. The Kier molecular flexibility index (Phi) is 7.13. The third kappa shape index (κ3) is 5.10. The van der Waals surface area contributed by atoms with Crippen molar-refractivity contribution >= 4 is 75.3 Å². The van der Waals surface area contributed by atoms with Gasteiger partial charge in [0.1, 0.15) is 11.2 Å². The van der Waals surface area contributed by atoms with E-state index in [9.17, 15) is 0 Å². The molecule has 0 aliphatic carbocycles. The summed E-state index contributed by atoms with van der Waals surface area (Å²) in [4.78, 5) is 0. The van der Waals surface area contributed by atoms with Crippen LogP contribution in [-0.2, 0) is 0 Å². The summed E-state index contributed by atoms with van der Waals surface area (Å²) in [6.07, 6.45) is 0. The van der Waals surface area contributed by atoms with Gasteiger partial charge in [0.15, 0.2) is 0 Å². The molecule has 57 heavy (non-hydrogen) atoms. The van der Waals surface area contributed by atoms with E-state index >= 15 is 0 Å². The van der Waals surface area contributed by atoms with Crippen molar-refractivity contribution < 1.29 is 4.42 Å². The largest absolute Gasteiger partial charge is 0.456 e. The molecule has 0 spiro atoms. The maximum atomic E-state index is 6.22. The van der Waals surface area contributed by atoms with Crippen LogP contribution in [0.4, 0.5) is 0 Å². The second kappa shape index (κ2) is 12.7. The molecule has 12 aromatic rings. The molecule has 266 valence electrons. The van der Waals surface area contributed by atoms with E-state index in [0.29, 0.717) is 0 Å². The number of thiophene rings is 1. The van der Waals surface area contributed by atoms with Crippen molar-refractivity contribution in [1.82, 2.24) is 4.57 Å². The molecule has 0 aliphatic rings. The molecule has 9 aromatic carbocycles. The fourth-order valence-electron chi connectivity index (χ4n) is 8.87. The molecule has 0 N–H and O–H groups in total. The molecule has 3 heteroatoms. The summed E-state index contributed by atoms with van der Waals surface area (Å²) in [6, 6.07) is 72.7. The van der Waals surface area contributed by atoms with E-state index in [0.717, 1.165) is 21.9 Å². The second-order valence-corrected chi connectivity index (χ2v) is 15.9. The van der Waals surface area contributed by atoms with Crippen molar-refractivity contribution in [3.63, 3.8) is 0 Å². The first kappa shape index (κ1) is 32.1. The number of furan rings is 1. The molecule has 0 radical (unpaired) electrons. The molecule has 0 aliphatic heterocycles. The predicted molar refractivity (Wildman–Crippen MR) is 243 cm³/mol. The lowest BCUT2D eigenvalue weighted by atomic mass is 9.95. The molecule has 0 amide bonds. The molecule has 0 atom stereocenters. The van der Waals surface area contributed by atoms with Gasteiger partial charge in [0.05, 0.1) is 21.4 Å². The number of benzene rings is 9. The molecule has 0 saturated heterocycles. The van der Waals surface area contributed by atoms with Crippen LogP contribution in [0.15, 0.2) is 205 Å². The molecule has 2 nitrogen and oxygen atoms in total. The third-order valence-corrected chi connectivity index (χ3v) is 12.9. The maximum Gasteiger partial charge on any atom is 0.135 e. The summed E-state index contributed by atoms with van der Waals surface area (Å²) in [5.74, 6) is 0. The summed E-state index contributed by atoms with van der Waals surface area (Å²) >= 11 is 1.90. The quantitative estimate of drug-likeness (QED) is 0.172. The average Bonchev–Trinajstić information content (AvgIpc) is 3.96. The lowest BCUT2D eigenvalue weighted by Gasteiger charge is -2.10. The summed E-state index contributed by atoms with van der Waals surface area (Å²) in [6.45, 7) is 0. The number of nitrogens with zero attached hydrogens (tertiary/aromatic N) is 1. The van der Waals surface area contributed by atoms with Crippen molar-refractivity contribution in [2.24, 2.45) is 0 Å². The number of hydrogen-bond donors (Lipinski definition) is 0. The van der Waals surface area contributed by atoms with E-state index in [-0.39, 0.29) is 0 Å². The first-order chi connectivity index (χ1) is 28.2. The van der Waals surface area contributed by atoms with Gasteiger partial charge in [-0.2, -0.15) is 0 Å². The molecule has 0 fully saturated rings. The maximum absolute atomic E-state index is 6.22. The van der Waals surface area contributed by atoms with Crippen molar-refractivity contribution in [3.8, 4) is 50.2 Å². The molecule has 0 saturated carbocycles. The van der Waals surface area contributed by atoms with E-state index in [1.165, 1.54) is 92.2 Å². The number of fused-ring (bicyclic) bond motifs is 9. The van der Waals surface area contributed by atoms with Crippen LogP contribution in [0.3, 0.4) is 0 Å². The highest BCUT2D eigenvalue weighted by atomic mass is 32.1. The Morgan fingerprint density at radius 3 is 1.53 bits per heavy atom. The summed E-state index contributed by atoms with van der Waals surface area (Å²) in [5, 5.41) is 7.30. The predicted octanol–water partition coefficient (Wildman–Crippen LogP) is 15.7. The summed E-state index contributed by atoms with van der Waals surface area (Å²) < 4.78 is 11.3. The van der Waals surface area contributed by atoms with Crippen LogP contribution in [0.25, 0.3) is 114 Å². The van der Waals surface area contributed by atoms with Gasteiger partial charge < -0.3 is 8.98 Å². The fraction of sp³-hybridized carbons (Fsp3) is 0. The van der Waals surface area contributed by atoms with Gasteiger partial charge in [-0.25, -0.2) is 0 Å². The van der Waals surface area contributed by atoms with Crippen LogP contribution in [0.5, 0.6) is 0 Å². The highest BCUT2D eigenvalue weighted by Gasteiger charge is 2.20. The molecule has 12 rings (SSSR count). The van der Waals surface area contributed by atoms with Gasteiger partial charge in [-0.1, -0.05) is 140 Å². The Morgan fingerprint density at radius 2 is 0.842 bits per heavy atom. The Balaban J connectivity index is 1.12. The summed E-state index contributed by atoms with van der Waals surface area (Å²) in [5.41, 5.74) is 15.1. The number of aromatic nitrogens is 1. The van der Waals surface area contributed by atoms with Gasteiger partial charge >= 0.3 is 0 Å². The van der Waals surface area contributed by atoms with Crippen molar-refractivity contribution in [2.45, 2.75) is 0 Å². The van der Waals surface area contributed by atoms with E-state index in [2.05, 4.69) is 193 Å². The van der Waals surface area contributed by atoms with Crippen LogP contribution in [-0.4, -0.2) is 4.57 Å². The van der Waals surface area contributed by atoms with E-state index in [1.807, 2.05) is 23.5 Å². The van der Waals surface area contributed by atoms with Crippen LogP contribution in [0.2, 0.25) is 0 Å². The fourth-order valence-corrected chi connectivity index (χ4v) is 10.2. The zero-order valence-corrected chi connectivity index (χ0v) is 31.6. The minimum atomic E-state index is 0.910. The number of rotatable bonds is 5. The zero-order valence-electron chi connectivity index (χ0n) is 30.8. The Hall–Kier alpha value is -7.20. The molecule has 0 bridgehead atoms. The van der Waals surface area contributed by atoms with Crippen molar-refractivity contribution in [3.05, 3.63) is 200 Å². The van der Waals surface area contributed by atoms with Gasteiger partial charge in [-0.15, -0.1) is 11.3 Å². The minimum Gasteiger partial charge on any atom is -0.456 e. The van der Waals surface area contributed by atoms with Gasteiger partial charge in [-0.3, -0.25) is 0 Å². The van der Waals surface area contributed by atoms with E-state index in [4.69, 9.17) is 4.42 Å². The number of para-hydroxylation sites is 1. The average molecular weight is 744 g/mol. The van der Waals surface area contributed by atoms with Gasteiger partial charge in [-0.05, 0) is 99.6 Å². The lowest BCUT2D eigenvalue weighted by molar-refractivity contribution is 0.669. The van der Waals surface area contributed by atoms with E-state index in [1.54, 1.807) is 0 Å². The molecular formula is C54H33NOS. The standard InChI is InChI=1S/C54H33NOS/c1-4-13-34(14-5-1)37-23-26-48-44(29-37)45-30-38(35-15-6-2-7-16-35)24-27-49(45)55(48)50-21-12-20-42-47-33-40(32-43(53(47)57-54(42)50)36-17-8-3-9-18-36)39-25-28-52-46(31-39)41-19-10-11-22-51(41)56-52/h1-33H. The Bertz CT molecular complexity index is 3400. The van der Waals surface area contributed by atoms with Gasteiger partial charge in [0.2, 0.25) is 0 Å². The monoisotopic (exact) mass is 743 g/mol. The van der Waals surface area contributed by atoms with Crippen LogP contribution in [0.1, 0.15) is 0 Å².